The SMILES string of the molecule is CCCCC[As+](CC)C1C=CC([As+](CC)CCCCC)c2ccccc21. The van der Waals surface area contributed by atoms with E-state index < -0.39 is 29.3 Å². The van der Waals surface area contributed by atoms with Crippen molar-refractivity contribution >= 4 is 29.3 Å². The molecule has 1 aliphatic carbocycles. The minimum atomic E-state index is -0.806. The Morgan fingerprint density at radius 3 is 1.42 bits per heavy atom. The van der Waals surface area contributed by atoms with Crippen LogP contribution in [0.25, 0.3) is 0 Å². The second-order valence-corrected chi connectivity index (χ2v) is 19.4. The molecule has 0 aliphatic heterocycles. The Morgan fingerprint density at radius 1 is 0.654 bits per heavy atom. The summed E-state index contributed by atoms with van der Waals surface area (Å²) in [6.45, 7) is 9.59. The molecule has 0 nitrogen and oxygen atoms in total. The fraction of sp³-hybridized carbons (Fsp3) is 0.667. The fourth-order valence-electron chi connectivity index (χ4n) is 4.22. The quantitative estimate of drug-likeness (QED) is 0.163. The Labute approximate surface area is 172 Å². The van der Waals surface area contributed by atoms with Gasteiger partial charge in [0.1, 0.15) is 0 Å². The first-order valence-corrected chi connectivity index (χ1v) is 18.5. The standard InChI is InChI=1S/C24H40As2/c1-5-9-13-19-25(7-3)23-17-18-24(22-16-12-11-15-21(22)23)26(8-4)20-14-10-6-2/h11-12,15-18,23-24H,5-10,13-14,19-20H2,1-4H3/q+2. The summed E-state index contributed by atoms with van der Waals surface area (Å²) in [7, 11) is 0. The van der Waals surface area contributed by atoms with Crippen molar-refractivity contribution in [2.75, 3.05) is 0 Å². The molecule has 0 heterocycles. The van der Waals surface area contributed by atoms with E-state index in [9.17, 15) is 0 Å². The maximum atomic E-state index is 2.69. The van der Waals surface area contributed by atoms with Gasteiger partial charge in [-0.1, -0.05) is 0 Å². The van der Waals surface area contributed by atoms with E-state index in [2.05, 4.69) is 64.1 Å². The van der Waals surface area contributed by atoms with Gasteiger partial charge >= 0.3 is 173 Å². The number of unbranched alkanes of at least 4 members (excludes halogenated alkanes) is 4. The van der Waals surface area contributed by atoms with Crippen molar-refractivity contribution in [1.82, 2.24) is 0 Å². The molecule has 0 spiro atoms. The molecular formula is C24H40As2+2. The van der Waals surface area contributed by atoms with Crippen molar-refractivity contribution in [3.05, 3.63) is 47.5 Å². The summed E-state index contributed by atoms with van der Waals surface area (Å²) < 4.78 is 1.61. The van der Waals surface area contributed by atoms with Crippen LogP contribution in [0.4, 0.5) is 0 Å². The molecular weight excluding hydrogens is 438 g/mol. The predicted molar refractivity (Wildman–Crippen MR) is 122 cm³/mol. The Hall–Kier alpha value is 0.0769. The molecule has 0 bridgehead atoms. The zero-order chi connectivity index (χ0) is 18.8. The number of benzene rings is 1. The summed E-state index contributed by atoms with van der Waals surface area (Å²) in [6, 6.07) is 9.58. The zero-order valence-electron chi connectivity index (χ0n) is 17.6. The van der Waals surface area contributed by atoms with Crippen molar-refractivity contribution in [2.45, 2.75) is 96.5 Å². The zero-order valence-corrected chi connectivity index (χ0v) is 21.3. The van der Waals surface area contributed by atoms with Crippen LogP contribution in [-0.2, 0) is 0 Å². The molecule has 0 N–H and O–H groups in total. The number of fused-ring (bicyclic) bond motifs is 1. The van der Waals surface area contributed by atoms with Crippen molar-refractivity contribution in [3.63, 3.8) is 0 Å². The van der Waals surface area contributed by atoms with Crippen molar-refractivity contribution in [3.8, 4) is 0 Å². The Kier molecular flexibility index (Phi) is 10.8. The molecule has 0 saturated heterocycles. The van der Waals surface area contributed by atoms with Crippen LogP contribution in [0.5, 0.6) is 0 Å². The Balaban J connectivity index is 2.19. The van der Waals surface area contributed by atoms with Gasteiger partial charge in [-0.05, 0) is 0 Å². The van der Waals surface area contributed by atoms with Gasteiger partial charge in [-0.25, -0.2) is 0 Å². The van der Waals surface area contributed by atoms with Crippen LogP contribution in [0.3, 0.4) is 0 Å². The van der Waals surface area contributed by atoms with Gasteiger partial charge in [0.05, 0.1) is 0 Å². The van der Waals surface area contributed by atoms with Gasteiger partial charge in [-0.2, -0.15) is 0 Å². The third-order valence-corrected chi connectivity index (χ3v) is 18.1. The molecule has 2 heteroatoms. The molecule has 2 radical (unpaired) electrons. The van der Waals surface area contributed by atoms with E-state index in [0.29, 0.717) is 0 Å². The average molecular weight is 478 g/mol. The summed E-state index contributed by atoms with van der Waals surface area (Å²) in [5, 5.41) is 5.99. The Morgan fingerprint density at radius 2 is 1.08 bits per heavy atom. The van der Waals surface area contributed by atoms with Gasteiger partial charge in [0.2, 0.25) is 0 Å². The third-order valence-electron chi connectivity index (χ3n) is 5.81. The molecule has 1 aromatic carbocycles. The molecule has 0 saturated carbocycles. The van der Waals surface area contributed by atoms with Crippen LogP contribution in [0, 0.1) is 0 Å². The van der Waals surface area contributed by atoms with Crippen LogP contribution in [0.1, 0.15) is 86.8 Å². The van der Waals surface area contributed by atoms with Gasteiger partial charge in [-0.15, -0.1) is 0 Å². The predicted octanol–water partition coefficient (Wildman–Crippen LogP) is 7.91. The Bertz CT molecular complexity index is 490. The molecule has 4 atom stereocenters. The molecule has 1 aliphatic rings. The summed E-state index contributed by atoms with van der Waals surface area (Å²) in [6.07, 6.45) is 13.9. The summed E-state index contributed by atoms with van der Waals surface area (Å²) in [5.41, 5.74) is 3.48. The molecule has 4 unspecified atom stereocenters. The molecule has 0 amide bonds. The summed E-state index contributed by atoms with van der Waals surface area (Å²) in [5.74, 6) is 0. The van der Waals surface area contributed by atoms with Crippen LogP contribution < -0.4 is 0 Å². The summed E-state index contributed by atoms with van der Waals surface area (Å²) in [4.78, 5) is 0. The van der Waals surface area contributed by atoms with Gasteiger partial charge in [-0.3, -0.25) is 0 Å². The second-order valence-electron chi connectivity index (χ2n) is 7.57. The van der Waals surface area contributed by atoms with Crippen molar-refractivity contribution in [1.29, 1.82) is 0 Å². The van der Waals surface area contributed by atoms with Gasteiger partial charge in [0.15, 0.2) is 0 Å². The van der Waals surface area contributed by atoms with Gasteiger partial charge in [0, 0.05) is 0 Å². The molecule has 144 valence electrons. The van der Waals surface area contributed by atoms with E-state index in [1.165, 1.54) is 59.4 Å². The summed E-state index contributed by atoms with van der Waals surface area (Å²) >= 11 is -1.61. The molecule has 2 rings (SSSR count). The normalized spacial score (nSPS) is 21.4. The van der Waals surface area contributed by atoms with E-state index in [1.54, 1.807) is 11.1 Å². The van der Waals surface area contributed by atoms with E-state index in [4.69, 9.17) is 0 Å². The van der Waals surface area contributed by atoms with E-state index in [0.717, 1.165) is 9.41 Å². The fourth-order valence-corrected chi connectivity index (χ4v) is 15.1. The first kappa shape index (κ1) is 22.4. The van der Waals surface area contributed by atoms with E-state index >= 15 is 0 Å². The van der Waals surface area contributed by atoms with Gasteiger partial charge in [0.25, 0.3) is 0 Å². The van der Waals surface area contributed by atoms with Crippen LogP contribution in [-0.4, -0.2) is 29.3 Å². The van der Waals surface area contributed by atoms with Crippen LogP contribution >= 0.6 is 0 Å². The maximum absolute atomic E-state index is 2.69. The van der Waals surface area contributed by atoms with E-state index in [-0.39, 0.29) is 0 Å². The first-order chi connectivity index (χ1) is 12.8. The van der Waals surface area contributed by atoms with Gasteiger partial charge < -0.3 is 0 Å². The minimum absolute atomic E-state index is 0.806. The topological polar surface area (TPSA) is 0 Å². The van der Waals surface area contributed by atoms with E-state index in [1.807, 2.05) is 0 Å². The molecule has 26 heavy (non-hydrogen) atoms. The molecule has 0 aromatic heterocycles. The second kappa shape index (κ2) is 12.5. The monoisotopic (exact) mass is 478 g/mol. The van der Waals surface area contributed by atoms with Crippen LogP contribution in [0.2, 0.25) is 20.8 Å². The first-order valence-electron chi connectivity index (χ1n) is 11.0. The molecule has 0 fully saturated rings. The molecule has 1 aromatic rings. The number of rotatable bonds is 12. The third kappa shape index (κ3) is 6.04. The van der Waals surface area contributed by atoms with Crippen molar-refractivity contribution in [2.24, 2.45) is 0 Å². The average Bonchev–Trinajstić information content (AvgIpc) is 2.69. The number of hydrogen-bond donors (Lipinski definition) is 0. The number of allylic oxidation sites excluding steroid dienone is 2. The number of hydrogen-bond acceptors (Lipinski definition) is 0. The van der Waals surface area contributed by atoms with Crippen molar-refractivity contribution < 1.29 is 0 Å². The van der Waals surface area contributed by atoms with Crippen LogP contribution in [0.15, 0.2) is 36.4 Å².